The smallest absolute Gasteiger partial charge is 0.338 e. The Kier molecular flexibility index (Phi) is 9.66. The fraction of sp³-hybridized carbons (Fsp3) is 0.448. The molecule has 4 rings (SSSR count). The second-order valence-electron chi connectivity index (χ2n) is 10.0. The number of benzene rings is 2. The molecule has 2 aromatic rings. The molecule has 0 radical (unpaired) electrons. The number of hydrogen-bond donors (Lipinski definition) is 1. The van der Waals surface area contributed by atoms with Gasteiger partial charge in [0.05, 0.1) is 24.3 Å². The number of thiocarbonyl (C=S) groups is 1. The first-order valence-corrected chi connectivity index (χ1v) is 13.9. The topological polar surface area (TPSA) is 85.4 Å². The van der Waals surface area contributed by atoms with Gasteiger partial charge in [0.25, 0.3) is 5.91 Å². The van der Waals surface area contributed by atoms with Crippen LogP contribution in [0.4, 0.5) is 11.4 Å². The summed E-state index contributed by atoms with van der Waals surface area (Å²) in [6.07, 6.45) is 0.807. The van der Waals surface area contributed by atoms with E-state index in [-0.39, 0.29) is 18.2 Å². The van der Waals surface area contributed by atoms with Crippen LogP contribution < -0.4 is 10.2 Å². The van der Waals surface area contributed by atoms with E-state index < -0.39 is 12.0 Å². The number of anilines is 2. The second-order valence-corrected chi connectivity index (χ2v) is 10.4. The number of nitrogens with one attached hydrogen (secondary N) is 1. The summed E-state index contributed by atoms with van der Waals surface area (Å²) in [5.41, 5.74) is 2.74. The molecular formula is C29H37N5O4S. The van der Waals surface area contributed by atoms with Gasteiger partial charge in [-0.2, -0.15) is 0 Å². The fourth-order valence-electron chi connectivity index (χ4n) is 4.85. The monoisotopic (exact) mass is 551 g/mol. The van der Waals surface area contributed by atoms with Gasteiger partial charge in [-0.25, -0.2) is 4.79 Å². The highest BCUT2D eigenvalue weighted by Gasteiger charge is 2.43. The number of esters is 1. The van der Waals surface area contributed by atoms with Crippen molar-refractivity contribution in [1.29, 1.82) is 0 Å². The van der Waals surface area contributed by atoms with Crippen LogP contribution in [0.5, 0.6) is 0 Å². The number of piperazine rings is 1. The van der Waals surface area contributed by atoms with E-state index >= 15 is 0 Å². The van der Waals surface area contributed by atoms with Gasteiger partial charge in [-0.3, -0.25) is 14.5 Å². The fourth-order valence-corrected chi connectivity index (χ4v) is 5.26. The van der Waals surface area contributed by atoms with E-state index in [1.165, 1.54) is 0 Å². The molecule has 39 heavy (non-hydrogen) atoms. The standard InChI is InChI=1S/C29H37N5O4S/c1-4-38-28(37)22-8-10-23(11-9-22)30-26(35)20-25-27(36)34(24-12-6-21(2)7-13-24)29(39)33(25)15-5-14-32-18-16-31(3)17-19-32/h6-13,25H,4-5,14-20H2,1-3H3,(H,30,35). The number of ether oxygens (including phenoxy) is 1. The van der Waals surface area contributed by atoms with E-state index in [4.69, 9.17) is 17.0 Å². The lowest BCUT2D eigenvalue weighted by atomic mass is 10.1. The number of amides is 2. The molecule has 2 amide bonds. The maximum Gasteiger partial charge on any atom is 0.338 e. The lowest BCUT2D eigenvalue weighted by molar-refractivity contribution is -0.124. The van der Waals surface area contributed by atoms with Crippen LogP contribution in [-0.2, 0) is 14.3 Å². The van der Waals surface area contributed by atoms with Crippen molar-refractivity contribution in [2.45, 2.75) is 32.7 Å². The van der Waals surface area contributed by atoms with Crippen molar-refractivity contribution in [2.75, 3.05) is 63.1 Å². The molecule has 10 heteroatoms. The summed E-state index contributed by atoms with van der Waals surface area (Å²) in [5, 5.41) is 3.28. The summed E-state index contributed by atoms with van der Waals surface area (Å²) in [6, 6.07) is 13.5. The van der Waals surface area contributed by atoms with Crippen LogP contribution in [-0.4, -0.2) is 96.6 Å². The number of rotatable bonds is 10. The van der Waals surface area contributed by atoms with Gasteiger partial charge >= 0.3 is 5.97 Å². The van der Waals surface area contributed by atoms with Crippen LogP contribution >= 0.6 is 12.2 Å². The molecule has 2 aromatic carbocycles. The van der Waals surface area contributed by atoms with Crippen molar-refractivity contribution < 1.29 is 19.1 Å². The Morgan fingerprint density at radius 1 is 1.00 bits per heavy atom. The zero-order chi connectivity index (χ0) is 27.9. The Morgan fingerprint density at radius 2 is 1.67 bits per heavy atom. The Hall–Kier alpha value is -3.34. The number of hydrogen-bond acceptors (Lipinski definition) is 7. The molecule has 9 nitrogen and oxygen atoms in total. The summed E-state index contributed by atoms with van der Waals surface area (Å²) >= 11 is 5.79. The first-order valence-electron chi connectivity index (χ1n) is 13.5. The van der Waals surface area contributed by atoms with E-state index in [0.29, 0.717) is 35.2 Å². The quantitative estimate of drug-likeness (QED) is 0.356. The average Bonchev–Trinajstić information content (AvgIpc) is 3.14. The maximum atomic E-state index is 13.6. The molecule has 1 unspecified atom stereocenters. The predicted molar refractivity (Wildman–Crippen MR) is 156 cm³/mol. The maximum absolute atomic E-state index is 13.6. The third-order valence-corrected chi connectivity index (χ3v) is 7.56. The zero-order valence-corrected chi connectivity index (χ0v) is 23.7. The minimum absolute atomic E-state index is 0.0323. The van der Waals surface area contributed by atoms with Crippen molar-refractivity contribution >= 4 is 46.5 Å². The molecule has 0 saturated carbocycles. The van der Waals surface area contributed by atoms with E-state index in [1.807, 2.05) is 36.1 Å². The summed E-state index contributed by atoms with van der Waals surface area (Å²) in [4.78, 5) is 46.8. The van der Waals surface area contributed by atoms with Crippen LogP contribution in [0.1, 0.15) is 35.7 Å². The number of carbonyl (C=O) groups is 3. The molecule has 2 heterocycles. The van der Waals surface area contributed by atoms with Crippen molar-refractivity contribution in [3.05, 3.63) is 59.7 Å². The van der Waals surface area contributed by atoms with Crippen LogP contribution in [0, 0.1) is 6.92 Å². The molecule has 1 N–H and O–H groups in total. The zero-order valence-electron chi connectivity index (χ0n) is 22.9. The average molecular weight is 552 g/mol. The van der Waals surface area contributed by atoms with E-state index in [9.17, 15) is 14.4 Å². The van der Waals surface area contributed by atoms with E-state index in [1.54, 1.807) is 36.1 Å². The van der Waals surface area contributed by atoms with Crippen LogP contribution in [0.25, 0.3) is 0 Å². The van der Waals surface area contributed by atoms with Crippen LogP contribution in [0.2, 0.25) is 0 Å². The highest BCUT2D eigenvalue weighted by Crippen LogP contribution is 2.28. The number of aryl methyl sites for hydroxylation is 1. The summed E-state index contributed by atoms with van der Waals surface area (Å²) in [7, 11) is 2.13. The Bertz CT molecular complexity index is 1180. The minimum Gasteiger partial charge on any atom is -0.462 e. The number of carbonyl (C=O) groups excluding carboxylic acids is 3. The van der Waals surface area contributed by atoms with Gasteiger partial charge in [0, 0.05) is 38.4 Å². The molecule has 1 atom stereocenters. The van der Waals surface area contributed by atoms with Gasteiger partial charge in [-0.15, -0.1) is 0 Å². The first kappa shape index (κ1) is 28.7. The highest BCUT2D eigenvalue weighted by atomic mass is 32.1. The molecule has 2 saturated heterocycles. The molecule has 2 aliphatic heterocycles. The summed E-state index contributed by atoms with van der Waals surface area (Å²) in [5.74, 6) is -0.907. The Labute approximate surface area is 235 Å². The largest absolute Gasteiger partial charge is 0.462 e. The number of likely N-dealkylation sites (N-methyl/N-ethyl adjacent to an activating group) is 1. The van der Waals surface area contributed by atoms with E-state index in [2.05, 4.69) is 22.2 Å². The van der Waals surface area contributed by atoms with Crippen molar-refractivity contribution in [2.24, 2.45) is 0 Å². The first-order chi connectivity index (χ1) is 18.8. The lowest BCUT2D eigenvalue weighted by Gasteiger charge is -2.33. The predicted octanol–water partition coefficient (Wildman–Crippen LogP) is 3.14. The SMILES string of the molecule is CCOC(=O)c1ccc(NC(=O)CC2C(=O)N(c3ccc(C)cc3)C(=S)N2CCCN2CCN(C)CC2)cc1. The van der Waals surface area contributed by atoms with Crippen LogP contribution in [0.15, 0.2) is 48.5 Å². The van der Waals surface area contributed by atoms with Gasteiger partial charge in [0.2, 0.25) is 5.91 Å². The lowest BCUT2D eigenvalue weighted by Crippen LogP contribution is -2.45. The number of nitrogens with zero attached hydrogens (tertiary/aromatic N) is 4. The third-order valence-electron chi connectivity index (χ3n) is 7.14. The van der Waals surface area contributed by atoms with Gasteiger partial charge in [0.15, 0.2) is 5.11 Å². The molecule has 2 fully saturated rings. The van der Waals surface area contributed by atoms with Gasteiger partial charge < -0.3 is 24.8 Å². The van der Waals surface area contributed by atoms with Gasteiger partial charge in [0.1, 0.15) is 6.04 Å². The summed E-state index contributed by atoms with van der Waals surface area (Å²) in [6.45, 7) is 9.68. The molecule has 2 aliphatic rings. The van der Waals surface area contributed by atoms with Gasteiger partial charge in [-0.05, 0) is 82.5 Å². The van der Waals surface area contributed by atoms with E-state index in [0.717, 1.165) is 44.7 Å². The van der Waals surface area contributed by atoms with Crippen molar-refractivity contribution in [3.8, 4) is 0 Å². The van der Waals surface area contributed by atoms with Crippen molar-refractivity contribution in [3.63, 3.8) is 0 Å². The second kappa shape index (κ2) is 13.1. The van der Waals surface area contributed by atoms with Gasteiger partial charge in [-0.1, -0.05) is 17.7 Å². The third kappa shape index (κ3) is 7.20. The van der Waals surface area contributed by atoms with Crippen LogP contribution in [0.3, 0.4) is 0 Å². The van der Waals surface area contributed by atoms with Crippen molar-refractivity contribution in [1.82, 2.24) is 14.7 Å². The summed E-state index contributed by atoms with van der Waals surface area (Å²) < 4.78 is 5.01. The molecular weight excluding hydrogens is 514 g/mol. The highest BCUT2D eigenvalue weighted by molar-refractivity contribution is 7.80. The molecule has 0 aromatic heterocycles. The molecule has 0 spiro atoms. The normalized spacial score (nSPS) is 18.5. The Balaban J connectivity index is 1.44. The molecule has 0 aliphatic carbocycles. The minimum atomic E-state index is -0.690. The molecule has 0 bridgehead atoms. The molecule has 208 valence electrons. The Morgan fingerprint density at radius 3 is 2.31 bits per heavy atom.